The van der Waals surface area contributed by atoms with Crippen molar-refractivity contribution in [2.24, 2.45) is 4.99 Å². The molecule has 39 heavy (non-hydrogen) atoms. The molecule has 0 radical (unpaired) electrons. The van der Waals surface area contributed by atoms with Crippen molar-refractivity contribution in [3.8, 4) is 29.4 Å². The molecule has 3 aromatic carbocycles. The first-order chi connectivity index (χ1) is 19.0. The molecule has 0 N–H and O–H groups in total. The van der Waals surface area contributed by atoms with Gasteiger partial charge < -0.3 is 19.1 Å². The highest BCUT2D eigenvalue weighted by Crippen LogP contribution is 2.37. The second-order valence-corrected chi connectivity index (χ2v) is 9.08. The minimum atomic E-state index is -0.170. The van der Waals surface area contributed by atoms with Crippen molar-refractivity contribution >= 4 is 33.7 Å². The van der Waals surface area contributed by atoms with Crippen molar-refractivity contribution in [1.82, 2.24) is 0 Å². The lowest BCUT2D eigenvalue weighted by Gasteiger charge is -2.23. The fourth-order valence-electron chi connectivity index (χ4n) is 4.67. The van der Waals surface area contributed by atoms with Crippen LogP contribution in [-0.4, -0.2) is 32.3 Å². The van der Waals surface area contributed by atoms with E-state index in [0.29, 0.717) is 53.1 Å². The predicted molar refractivity (Wildman–Crippen MR) is 150 cm³/mol. The molecule has 8 nitrogen and oxygen atoms in total. The first-order valence-corrected chi connectivity index (χ1v) is 13.4. The van der Waals surface area contributed by atoms with Crippen molar-refractivity contribution in [3.63, 3.8) is 0 Å². The summed E-state index contributed by atoms with van der Waals surface area (Å²) < 4.78 is 17.3. The first kappa shape index (κ1) is 27.5. The number of carbonyl (C=O) groups excluding carboxylic acids is 1. The predicted octanol–water partition coefficient (Wildman–Crippen LogP) is 5.44. The minimum absolute atomic E-state index is 0.00403. The third-order valence-electron chi connectivity index (χ3n) is 6.66. The van der Waals surface area contributed by atoms with Gasteiger partial charge in [0.2, 0.25) is 0 Å². The number of nitrogens with zero attached hydrogens (tertiary/aromatic N) is 4. The zero-order chi connectivity index (χ0) is 27.8. The third kappa shape index (κ3) is 6.13. The number of rotatable bonds is 11. The van der Waals surface area contributed by atoms with Crippen LogP contribution in [0.2, 0.25) is 0 Å². The van der Waals surface area contributed by atoms with E-state index in [1.54, 1.807) is 13.0 Å². The largest absolute Gasteiger partial charge is 0.494 e. The average molecular weight is 525 g/mol. The van der Waals surface area contributed by atoms with E-state index in [4.69, 9.17) is 19.2 Å². The fraction of sp³-hybridized carbons (Fsp3) is 0.355. The van der Waals surface area contributed by atoms with Crippen LogP contribution in [-0.2, 0) is 9.53 Å². The number of carbonyl (C=O) groups is 1. The molecule has 0 amide bonds. The number of unbranched alkanes of at least 4 members (excludes halogenated alkanes) is 2. The lowest BCUT2D eigenvalue weighted by atomic mass is 10.0. The second-order valence-electron chi connectivity index (χ2n) is 9.08. The van der Waals surface area contributed by atoms with Crippen LogP contribution in [0.4, 0.5) is 11.4 Å². The number of anilines is 1. The van der Waals surface area contributed by atoms with Crippen molar-refractivity contribution in [2.75, 3.05) is 31.2 Å². The molecule has 4 rings (SSSR count). The van der Waals surface area contributed by atoms with Gasteiger partial charge >= 0.3 is 5.97 Å². The summed E-state index contributed by atoms with van der Waals surface area (Å²) in [7, 11) is 0. The Morgan fingerprint density at radius 2 is 1.74 bits per heavy atom. The van der Waals surface area contributed by atoms with Gasteiger partial charge in [-0.25, -0.2) is 4.99 Å². The molecule has 1 aliphatic rings. The minimum Gasteiger partial charge on any atom is -0.494 e. The molecule has 8 heteroatoms. The van der Waals surface area contributed by atoms with Gasteiger partial charge in [0.1, 0.15) is 34.5 Å². The standard InChI is InChI=1S/C31H32N4O4/c1-4-35(5-2)22-11-14-27-28(16-22)39-29-18-25(21(19-32)20-33)24-13-12-23(17-26(24)31(29)34-27)38-15-9-7-8-10-30(36)37-6-3/h11-14,16-18H,4-10,15H2,1-3H3. The van der Waals surface area contributed by atoms with E-state index in [9.17, 15) is 15.3 Å². The summed E-state index contributed by atoms with van der Waals surface area (Å²) in [5.74, 6) is 1.60. The zero-order valence-electron chi connectivity index (χ0n) is 22.6. The molecule has 0 aliphatic carbocycles. The molecule has 0 atom stereocenters. The van der Waals surface area contributed by atoms with Crippen molar-refractivity contribution in [2.45, 2.75) is 46.5 Å². The smallest absolute Gasteiger partial charge is 0.305 e. The Kier molecular flexibility index (Phi) is 9.01. The van der Waals surface area contributed by atoms with Crippen molar-refractivity contribution in [1.29, 1.82) is 10.5 Å². The topological polar surface area (TPSA) is 108 Å². The lowest BCUT2D eigenvalue weighted by molar-refractivity contribution is -0.143. The lowest BCUT2D eigenvalue weighted by Crippen LogP contribution is -2.22. The van der Waals surface area contributed by atoms with Crippen LogP contribution < -0.4 is 24.9 Å². The molecule has 0 fully saturated rings. The van der Waals surface area contributed by atoms with Gasteiger partial charge in [0, 0.05) is 41.9 Å². The van der Waals surface area contributed by atoms with Gasteiger partial charge in [-0.1, -0.05) is 0 Å². The highest BCUT2D eigenvalue weighted by molar-refractivity contribution is 5.91. The van der Waals surface area contributed by atoms with E-state index in [0.717, 1.165) is 48.8 Å². The Morgan fingerprint density at radius 1 is 0.949 bits per heavy atom. The highest BCUT2D eigenvalue weighted by atomic mass is 16.5. The van der Waals surface area contributed by atoms with Crippen LogP contribution in [0, 0.1) is 22.7 Å². The summed E-state index contributed by atoms with van der Waals surface area (Å²) in [5.41, 5.74) is 1.76. The summed E-state index contributed by atoms with van der Waals surface area (Å²) in [5, 5.41) is 21.8. The van der Waals surface area contributed by atoms with Crippen molar-refractivity contribution < 1.29 is 19.0 Å². The summed E-state index contributed by atoms with van der Waals surface area (Å²) in [6.07, 6.45) is 2.81. The Balaban J connectivity index is 1.68. The molecule has 0 saturated carbocycles. The van der Waals surface area contributed by atoms with Gasteiger partial charge in [-0.3, -0.25) is 4.79 Å². The maximum absolute atomic E-state index is 11.5. The molecule has 0 aromatic heterocycles. The van der Waals surface area contributed by atoms with Gasteiger partial charge in [0.05, 0.1) is 13.2 Å². The molecule has 0 unspecified atom stereocenters. The number of nitriles is 2. The molecule has 3 aromatic rings. The Morgan fingerprint density at radius 3 is 2.46 bits per heavy atom. The first-order valence-electron chi connectivity index (χ1n) is 13.4. The number of esters is 1. The number of ether oxygens (including phenoxy) is 3. The molecular formula is C31H32N4O4. The van der Waals surface area contributed by atoms with Crippen LogP contribution in [0.25, 0.3) is 16.3 Å². The van der Waals surface area contributed by atoms with E-state index in [2.05, 4.69) is 18.7 Å². The number of fused-ring (bicyclic) bond motifs is 4. The van der Waals surface area contributed by atoms with E-state index in [1.165, 1.54) is 0 Å². The van der Waals surface area contributed by atoms with Gasteiger partial charge in [0.25, 0.3) is 0 Å². The molecule has 0 bridgehead atoms. The molecule has 1 heterocycles. The Labute approximate surface area is 228 Å². The Bertz CT molecular complexity index is 1560. The monoisotopic (exact) mass is 524 g/mol. The van der Waals surface area contributed by atoms with E-state index < -0.39 is 0 Å². The maximum atomic E-state index is 11.5. The van der Waals surface area contributed by atoms with E-state index >= 15 is 0 Å². The van der Waals surface area contributed by atoms with Crippen LogP contribution in [0.5, 0.6) is 17.2 Å². The summed E-state index contributed by atoms with van der Waals surface area (Å²) >= 11 is 0. The second kappa shape index (κ2) is 12.8. The van der Waals surface area contributed by atoms with Crippen LogP contribution in [0.3, 0.4) is 0 Å². The van der Waals surface area contributed by atoms with Crippen LogP contribution in [0.1, 0.15) is 46.5 Å². The zero-order valence-corrected chi connectivity index (χ0v) is 22.6. The van der Waals surface area contributed by atoms with E-state index in [1.807, 2.05) is 48.5 Å². The summed E-state index contributed by atoms with van der Waals surface area (Å²) in [6.45, 7) is 8.64. The maximum Gasteiger partial charge on any atom is 0.305 e. The van der Waals surface area contributed by atoms with Gasteiger partial charge in [0.15, 0.2) is 11.5 Å². The molecule has 1 aliphatic heterocycles. The Hall–Kier alpha value is -4.56. The highest BCUT2D eigenvalue weighted by Gasteiger charge is 2.18. The van der Waals surface area contributed by atoms with E-state index in [-0.39, 0.29) is 11.5 Å². The number of hydrogen-bond acceptors (Lipinski definition) is 8. The molecule has 0 spiro atoms. The number of hydrogen-bond donors (Lipinski definition) is 0. The average Bonchev–Trinajstić information content (AvgIpc) is 2.95. The molecule has 200 valence electrons. The third-order valence-corrected chi connectivity index (χ3v) is 6.66. The molecule has 0 saturated heterocycles. The summed E-state index contributed by atoms with van der Waals surface area (Å²) in [6, 6.07) is 17.3. The summed E-state index contributed by atoms with van der Waals surface area (Å²) in [4.78, 5) is 18.6. The van der Waals surface area contributed by atoms with Crippen LogP contribution >= 0.6 is 0 Å². The number of benzene rings is 3. The fourth-order valence-corrected chi connectivity index (χ4v) is 4.67. The molecular weight excluding hydrogens is 492 g/mol. The quantitative estimate of drug-likeness (QED) is 0.190. The van der Waals surface area contributed by atoms with Gasteiger partial charge in [-0.15, -0.1) is 0 Å². The SMILES string of the molecule is CCOC(=O)CCCCCOc1ccc2c(=C(C#N)C#N)cc3c(c2c1)=Nc1ccc(N(CC)CC)cc1O3. The van der Waals surface area contributed by atoms with Gasteiger partial charge in [-0.2, -0.15) is 10.5 Å². The van der Waals surface area contributed by atoms with Gasteiger partial charge in [-0.05, 0) is 81.8 Å². The normalized spacial score (nSPS) is 11.2. The van der Waals surface area contributed by atoms with Crippen LogP contribution in [0.15, 0.2) is 47.5 Å². The van der Waals surface area contributed by atoms with Crippen molar-refractivity contribution in [3.05, 3.63) is 53.0 Å².